The summed E-state index contributed by atoms with van der Waals surface area (Å²) in [4.78, 5) is 16.5. The van der Waals surface area contributed by atoms with E-state index in [4.69, 9.17) is 20.8 Å². The van der Waals surface area contributed by atoms with Gasteiger partial charge < -0.3 is 24.4 Å². The second-order valence-corrected chi connectivity index (χ2v) is 10.3. The largest absolute Gasteiger partial charge is 0.494 e. The molecule has 2 N–H and O–H groups in total. The molecule has 198 valence electrons. The highest BCUT2D eigenvalue weighted by Gasteiger charge is 2.61. The van der Waals surface area contributed by atoms with Crippen molar-refractivity contribution in [3.8, 4) is 17.4 Å². The van der Waals surface area contributed by atoms with Crippen molar-refractivity contribution >= 4 is 22.4 Å². The first kappa shape index (κ1) is 25.0. The molecule has 8 heteroatoms. The van der Waals surface area contributed by atoms with E-state index < -0.39 is 23.3 Å². The highest BCUT2D eigenvalue weighted by atomic mass is 16.6. The van der Waals surface area contributed by atoms with E-state index in [0.29, 0.717) is 47.3 Å². The molecular weight excluding hydrogens is 496 g/mol. The van der Waals surface area contributed by atoms with Gasteiger partial charge in [-0.1, -0.05) is 60.7 Å². The van der Waals surface area contributed by atoms with Crippen LogP contribution < -0.4 is 0 Å². The summed E-state index contributed by atoms with van der Waals surface area (Å²) in [5.74, 6) is -0.708. The predicted molar refractivity (Wildman–Crippen MR) is 144 cm³/mol. The average Bonchev–Trinajstić information content (AvgIpc) is 3.53. The number of aromatic nitrogens is 1. The fourth-order valence-corrected chi connectivity index (χ4v) is 6.28. The summed E-state index contributed by atoms with van der Waals surface area (Å²) in [6.45, 7) is 9.48. The van der Waals surface area contributed by atoms with Gasteiger partial charge in [0.25, 0.3) is 0 Å². The third kappa shape index (κ3) is 3.69. The van der Waals surface area contributed by atoms with Gasteiger partial charge in [0, 0.05) is 13.5 Å². The number of carbonyl (C=O) groups excluding carboxylic acids is 1. The lowest BCUT2D eigenvalue weighted by Crippen LogP contribution is -2.27. The molecule has 1 saturated heterocycles. The Bertz CT molecular complexity index is 1640. The average molecular weight is 525 g/mol. The zero-order valence-electron chi connectivity index (χ0n) is 21.7. The van der Waals surface area contributed by atoms with E-state index in [1.54, 1.807) is 24.3 Å². The number of hydrogen-bond donors (Lipinski definition) is 2. The van der Waals surface area contributed by atoms with E-state index in [2.05, 4.69) is 4.85 Å². The topological polar surface area (TPSA) is 94.5 Å². The van der Waals surface area contributed by atoms with Crippen LogP contribution in [0.1, 0.15) is 49.0 Å². The first-order valence-corrected chi connectivity index (χ1v) is 12.9. The molecule has 1 aromatic heterocycles. The smallest absolute Gasteiger partial charge is 0.339 e. The third-order valence-corrected chi connectivity index (χ3v) is 8.07. The summed E-state index contributed by atoms with van der Waals surface area (Å²) in [6, 6.07) is 20.0. The molecule has 1 fully saturated rings. The second-order valence-electron chi connectivity index (χ2n) is 10.3. The fourth-order valence-electron chi connectivity index (χ4n) is 6.28. The molecule has 3 atom stereocenters. The SMILES string of the molecule is [C-]#[N+]c1ccc(-n2c(O)c3c(c2O)C2(CCOC(=O)[C@@H](OC)c4ccccc4)CCC3(C)O2)c2ccccc12. The summed E-state index contributed by atoms with van der Waals surface area (Å²) < 4.78 is 18.9. The van der Waals surface area contributed by atoms with Crippen LogP contribution in [0, 0.1) is 6.57 Å². The van der Waals surface area contributed by atoms with Gasteiger partial charge in [-0.05, 0) is 42.2 Å². The van der Waals surface area contributed by atoms with Crippen LogP contribution in [0.5, 0.6) is 11.8 Å². The zero-order chi connectivity index (χ0) is 27.4. The minimum Gasteiger partial charge on any atom is -0.494 e. The van der Waals surface area contributed by atoms with Crippen molar-refractivity contribution in [1.29, 1.82) is 0 Å². The minimum atomic E-state index is -0.918. The molecule has 8 nitrogen and oxygen atoms in total. The molecular formula is C31H28N2O6. The summed E-state index contributed by atoms with van der Waals surface area (Å²) in [5, 5.41) is 24.5. The molecule has 2 aliphatic rings. The number of methoxy groups -OCH3 is 1. The summed E-state index contributed by atoms with van der Waals surface area (Å²) in [7, 11) is 1.46. The number of carbonyl (C=O) groups is 1. The fraction of sp³-hybridized carbons (Fsp3) is 0.290. The van der Waals surface area contributed by atoms with Crippen molar-refractivity contribution < 1.29 is 29.2 Å². The molecule has 6 rings (SSSR count). The van der Waals surface area contributed by atoms with Crippen LogP contribution in [-0.2, 0) is 30.2 Å². The lowest BCUT2D eigenvalue weighted by molar-refractivity contribution is -0.158. The lowest BCUT2D eigenvalue weighted by atomic mass is 9.78. The Hall–Kier alpha value is -4.32. The maximum atomic E-state index is 12.8. The van der Waals surface area contributed by atoms with Crippen LogP contribution in [0.2, 0.25) is 0 Å². The van der Waals surface area contributed by atoms with E-state index in [1.165, 1.54) is 11.7 Å². The van der Waals surface area contributed by atoms with Gasteiger partial charge in [0.05, 0.1) is 35.6 Å². The predicted octanol–water partition coefficient (Wildman–Crippen LogP) is 6.15. The molecule has 2 unspecified atom stereocenters. The summed E-state index contributed by atoms with van der Waals surface area (Å²) in [6.07, 6.45) is 0.714. The van der Waals surface area contributed by atoms with Crippen molar-refractivity contribution in [1.82, 2.24) is 4.57 Å². The number of ether oxygens (including phenoxy) is 3. The monoisotopic (exact) mass is 524 g/mol. The third-order valence-electron chi connectivity index (χ3n) is 8.07. The molecule has 4 aromatic rings. The molecule has 39 heavy (non-hydrogen) atoms. The first-order valence-electron chi connectivity index (χ1n) is 12.9. The van der Waals surface area contributed by atoms with Crippen LogP contribution in [-0.4, -0.2) is 34.5 Å². The molecule has 2 aliphatic heterocycles. The molecule has 0 spiro atoms. The second kappa shape index (κ2) is 9.16. The molecule has 0 radical (unpaired) electrons. The van der Waals surface area contributed by atoms with Gasteiger partial charge in [0.2, 0.25) is 11.8 Å². The highest BCUT2D eigenvalue weighted by molar-refractivity contribution is 6.00. The molecule has 0 aliphatic carbocycles. The van der Waals surface area contributed by atoms with Gasteiger partial charge >= 0.3 is 5.97 Å². The van der Waals surface area contributed by atoms with Crippen molar-refractivity contribution in [2.24, 2.45) is 0 Å². The number of aromatic hydroxyl groups is 2. The summed E-state index contributed by atoms with van der Waals surface area (Å²) in [5.41, 5.74) is 1.12. The van der Waals surface area contributed by atoms with Gasteiger partial charge in [-0.3, -0.25) is 4.57 Å². The highest BCUT2D eigenvalue weighted by Crippen LogP contribution is 2.65. The van der Waals surface area contributed by atoms with Crippen molar-refractivity contribution in [3.05, 3.63) is 94.8 Å². The van der Waals surface area contributed by atoms with Gasteiger partial charge in [0.1, 0.15) is 5.60 Å². The van der Waals surface area contributed by atoms with Crippen molar-refractivity contribution in [2.45, 2.75) is 43.5 Å². The normalized spacial score (nSPS) is 22.0. The minimum absolute atomic E-state index is 0.0507. The van der Waals surface area contributed by atoms with Crippen LogP contribution in [0.25, 0.3) is 21.3 Å². The van der Waals surface area contributed by atoms with Gasteiger partial charge in [-0.25, -0.2) is 9.64 Å². The van der Waals surface area contributed by atoms with Gasteiger partial charge in [0.15, 0.2) is 11.8 Å². The number of esters is 1. The Morgan fingerprint density at radius 3 is 2.44 bits per heavy atom. The van der Waals surface area contributed by atoms with E-state index in [9.17, 15) is 15.0 Å². The van der Waals surface area contributed by atoms with E-state index >= 15 is 0 Å². The molecule has 3 aromatic carbocycles. The Morgan fingerprint density at radius 2 is 1.72 bits per heavy atom. The van der Waals surface area contributed by atoms with Gasteiger partial charge in [-0.15, -0.1) is 0 Å². The molecule has 3 heterocycles. The number of fused-ring (bicyclic) bond motifs is 6. The Labute approximate surface area is 225 Å². The standard InChI is InChI=1S/C31H28N2O6/c1-30-15-16-31(39-30,17-18-38-29(36)26(37-3)19-9-5-4-6-10-19)25-24(30)27(34)33(28(25)35)23-14-13-22(32-2)20-11-7-8-12-21(20)23/h4-14,26,34-35H,15-18H2,1,3H3/t26-,30?,31?/m0/s1. The lowest BCUT2D eigenvalue weighted by Gasteiger charge is -2.26. The zero-order valence-corrected chi connectivity index (χ0v) is 21.7. The maximum Gasteiger partial charge on any atom is 0.339 e. The number of rotatable bonds is 7. The van der Waals surface area contributed by atoms with Crippen LogP contribution in [0.15, 0.2) is 66.7 Å². The quantitative estimate of drug-likeness (QED) is 0.223. The van der Waals surface area contributed by atoms with E-state index in [-0.39, 0.29) is 18.4 Å². The Balaban J connectivity index is 1.34. The van der Waals surface area contributed by atoms with E-state index in [0.717, 1.165) is 10.8 Å². The van der Waals surface area contributed by atoms with E-state index in [1.807, 2.05) is 49.4 Å². The Morgan fingerprint density at radius 1 is 1.03 bits per heavy atom. The number of nitrogens with zero attached hydrogens (tertiary/aromatic N) is 2. The Kier molecular flexibility index (Phi) is 5.87. The van der Waals surface area contributed by atoms with Gasteiger partial charge in [-0.2, -0.15) is 0 Å². The summed E-state index contributed by atoms with van der Waals surface area (Å²) >= 11 is 0. The van der Waals surface area contributed by atoms with Crippen molar-refractivity contribution in [2.75, 3.05) is 13.7 Å². The first-order chi connectivity index (χ1) is 18.8. The van der Waals surface area contributed by atoms with Crippen LogP contribution >= 0.6 is 0 Å². The van der Waals surface area contributed by atoms with Crippen LogP contribution in [0.3, 0.4) is 0 Å². The molecule has 2 bridgehead atoms. The number of benzene rings is 3. The molecule has 0 amide bonds. The van der Waals surface area contributed by atoms with Crippen LogP contribution in [0.4, 0.5) is 5.69 Å². The molecule has 0 saturated carbocycles. The maximum absolute atomic E-state index is 12.8. The number of hydrogen-bond acceptors (Lipinski definition) is 6. The van der Waals surface area contributed by atoms with Crippen molar-refractivity contribution in [3.63, 3.8) is 0 Å².